The lowest BCUT2D eigenvalue weighted by Gasteiger charge is -1.99. The molecule has 19 heavy (non-hydrogen) atoms. The van der Waals surface area contributed by atoms with Gasteiger partial charge in [-0.25, -0.2) is 15.1 Å². The van der Waals surface area contributed by atoms with Crippen LogP contribution in [0.25, 0.3) is 0 Å². The van der Waals surface area contributed by atoms with Gasteiger partial charge in [-0.15, -0.1) is 0 Å². The maximum absolute atomic E-state index is 12.0. The molecule has 96 valence electrons. The average molecular weight is 258 g/mol. The van der Waals surface area contributed by atoms with Crippen LogP contribution in [0, 0.1) is 17.0 Å². The van der Waals surface area contributed by atoms with Crippen LogP contribution in [-0.4, -0.2) is 10.8 Å². The Labute approximate surface area is 109 Å². The fourth-order valence-electron chi connectivity index (χ4n) is 1.59. The highest BCUT2D eigenvalue weighted by atomic mass is 16.6. The maximum atomic E-state index is 12.0. The number of benzene rings is 1. The number of carbonyl (C=O) groups excluding carboxylic acids is 1. The van der Waals surface area contributed by atoms with Gasteiger partial charge in [-0.3, -0.25) is 10.1 Å². The molecule has 6 heteroatoms. The van der Waals surface area contributed by atoms with Crippen LogP contribution < -0.4 is 10.3 Å². The number of rotatable bonds is 3. The fraction of sp³-hybridized carbons (Fsp3) is 0.0769. The summed E-state index contributed by atoms with van der Waals surface area (Å²) in [5, 5.41) is 13.4. The summed E-state index contributed by atoms with van der Waals surface area (Å²) >= 11 is 0. The molecule has 0 atom stereocenters. The number of hydrogen-bond acceptors (Lipinski definition) is 3. The lowest BCUT2D eigenvalue weighted by Crippen LogP contribution is -2.20. The number of aromatic amines is 1. The highest BCUT2D eigenvalue weighted by molar-refractivity contribution is 6.06. The van der Waals surface area contributed by atoms with E-state index in [9.17, 15) is 14.9 Å². The van der Waals surface area contributed by atoms with E-state index in [2.05, 4.69) is 10.3 Å². The Hall–Kier alpha value is -2.76. The molecule has 1 aromatic heterocycles. The number of anilines is 1. The maximum Gasteiger partial charge on any atom is 0.346 e. The van der Waals surface area contributed by atoms with E-state index < -0.39 is 10.8 Å². The Morgan fingerprint density at radius 1 is 1.26 bits per heavy atom. The predicted molar refractivity (Wildman–Crippen MR) is 68.8 cm³/mol. The Morgan fingerprint density at radius 2 is 2.00 bits per heavy atom. The van der Waals surface area contributed by atoms with Gasteiger partial charge in [-0.2, -0.15) is 0 Å². The molecule has 0 aliphatic rings. The van der Waals surface area contributed by atoms with Crippen molar-refractivity contribution in [2.24, 2.45) is 0 Å². The number of para-hydroxylation sites is 1. The predicted octanol–water partition coefficient (Wildman–Crippen LogP) is 1.97. The quantitative estimate of drug-likeness (QED) is 0.674. The first-order valence-corrected chi connectivity index (χ1v) is 5.61. The summed E-state index contributed by atoms with van der Waals surface area (Å²) in [6.45, 7) is 1.91. The van der Waals surface area contributed by atoms with E-state index in [1.165, 1.54) is 18.2 Å². The number of aromatic nitrogens is 1. The van der Waals surface area contributed by atoms with Gasteiger partial charge in [0.1, 0.15) is 5.56 Å². The van der Waals surface area contributed by atoms with Gasteiger partial charge in [0, 0.05) is 12.1 Å². The van der Waals surface area contributed by atoms with Crippen LogP contribution in [0.1, 0.15) is 15.9 Å². The monoisotopic (exact) mass is 258 g/mol. The first-order valence-electron chi connectivity index (χ1n) is 5.61. The third-order valence-corrected chi connectivity index (χ3v) is 2.56. The number of pyridine rings is 1. The number of nitrogens with one attached hydrogen (secondary N) is 2. The van der Waals surface area contributed by atoms with Gasteiger partial charge in [0.25, 0.3) is 11.5 Å². The lowest BCUT2D eigenvalue weighted by molar-refractivity contribution is -0.385. The van der Waals surface area contributed by atoms with E-state index in [1.807, 2.05) is 13.0 Å². The largest absolute Gasteiger partial charge is 0.346 e. The van der Waals surface area contributed by atoms with Crippen LogP contribution in [-0.2, 0) is 0 Å². The molecular formula is C13H12N3O3+. The summed E-state index contributed by atoms with van der Waals surface area (Å²) < 4.78 is 0. The van der Waals surface area contributed by atoms with E-state index in [0.717, 1.165) is 5.56 Å². The SMILES string of the molecule is Cc1ccc(NC(=O)c2ccccc2[N+](=O)[O-])[nH+]c1. The van der Waals surface area contributed by atoms with E-state index in [4.69, 9.17) is 0 Å². The molecule has 6 nitrogen and oxygen atoms in total. The van der Waals surface area contributed by atoms with Crippen molar-refractivity contribution in [2.75, 3.05) is 5.32 Å². The standard InChI is InChI=1S/C13H11N3O3/c1-9-6-7-12(14-8-9)15-13(17)10-4-2-3-5-11(10)16(18)19/h2-8H,1H3,(H,14,15,17)/p+1. The number of aryl methyl sites for hydroxylation is 1. The van der Waals surface area contributed by atoms with Gasteiger partial charge >= 0.3 is 5.91 Å². The zero-order chi connectivity index (χ0) is 13.8. The van der Waals surface area contributed by atoms with Gasteiger partial charge in [0.15, 0.2) is 0 Å². The number of amides is 1. The van der Waals surface area contributed by atoms with Crippen molar-refractivity contribution in [3.8, 4) is 0 Å². The summed E-state index contributed by atoms with van der Waals surface area (Å²) in [6.07, 6.45) is 1.73. The number of nitro groups is 1. The third kappa shape index (κ3) is 2.92. The van der Waals surface area contributed by atoms with Crippen molar-refractivity contribution in [2.45, 2.75) is 6.92 Å². The smallest absolute Gasteiger partial charge is 0.258 e. The van der Waals surface area contributed by atoms with E-state index in [1.54, 1.807) is 18.3 Å². The normalized spacial score (nSPS) is 9.95. The van der Waals surface area contributed by atoms with Crippen LogP contribution in [0.5, 0.6) is 0 Å². The van der Waals surface area contributed by atoms with Gasteiger partial charge in [0.2, 0.25) is 0 Å². The molecule has 1 amide bonds. The zero-order valence-corrected chi connectivity index (χ0v) is 10.2. The van der Waals surface area contributed by atoms with Crippen molar-refractivity contribution in [1.29, 1.82) is 0 Å². The summed E-state index contributed by atoms with van der Waals surface area (Å²) in [5.41, 5.74) is 0.831. The van der Waals surface area contributed by atoms with Crippen molar-refractivity contribution in [3.05, 3.63) is 63.8 Å². The minimum absolute atomic E-state index is 0.0291. The molecule has 0 unspecified atom stereocenters. The van der Waals surface area contributed by atoms with E-state index >= 15 is 0 Å². The molecule has 0 radical (unpaired) electrons. The topological polar surface area (TPSA) is 86.4 Å². The molecule has 2 N–H and O–H groups in total. The molecule has 0 aliphatic heterocycles. The van der Waals surface area contributed by atoms with E-state index in [-0.39, 0.29) is 11.3 Å². The number of hydrogen-bond donors (Lipinski definition) is 1. The summed E-state index contributed by atoms with van der Waals surface area (Å²) in [5.74, 6) is -0.0406. The van der Waals surface area contributed by atoms with Gasteiger partial charge in [-0.05, 0) is 24.6 Å². The molecule has 0 bridgehead atoms. The minimum Gasteiger partial charge on any atom is -0.258 e. The Bertz CT molecular complexity index is 623. The number of nitrogens with zero attached hydrogens (tertiary/aromatic N) is 1. The van der Waals surface area contributed by atoms with Crippen molar-refractivity contribution in [1.82, 2.24) is 0 Å². The summed E-state index contributed by atoms with van der Waals surface area (Å²) in [7, 11) is 0. The molecule has 0 spiro atoms. The Morgan fingerprint density at radius 3 is 2.63 bits per heavy atom. The van der Waals surface area contributed by atoms with Crippen LogP contribution in [0.15, 0.2) is 42.6 Å². The van der Waals surface area contributed by atoms with Gasteiger partial charge in [-0.1, -0.05) is 12.1 Å². The highest BCUT2D eigenvalue weighted by Gasteiger charge is 2.22. The second-order valence-corrected chi connectivity index (χ2v) is 4.01. The molecule has 0 saturated heterocycles. The highest BCUT2D eigenvalue weighted by Crippen LogP contribution is 2.18. The number of carbonyl (C=O) groups is 1. The van der Waals surface area contributed by atoms with Crippen molar-refractivity contribution >= 4 is 17.4 Å². The van der Waals surface area contributed by atoms with Gasteiger partial charge in [0.05, 0.1) is 11.1 Å². The summed E-state index contributed by atoms with van der Waals surface area (Å²) in [4.78, 5) is 25.1. The average Bonchev–Trinajstić information content (AvgIpc) is 2.41. The summed E-state index contributed by atoms with van der Waals surface area (Å²) in [6, 6.07) is 9.34. The van der Waals surface area contributed by atoms with Crippen LogP contribution >= 0.6 is 0 Å². The molecule has 1 heterocycles. The van der Waals surface area contributed by atoms with Crippen LogP contribution in [0.3, 0.4) is 0 Å². The number of nitro benzene ring substituents is 1. The molecular weight excluding hydrogens is 246 g/mol. The zero-order valence-electron chi connectivity index (χ0n) is 10.2. The molecule has 0 aliphatic carbocycles. The third-order valence-electron chi connectivity index (χ3n) is 2.56. The fourth-order valence-corrected chi connectivity index (χ4v) is 1.59. The van der Waals surface area contributed by atoms with Crippen LogP contribution in [0.4, 0.5) is 11.5 Å². The Balaban J connectivity index is 2.25. The molecule has 0 fully saturated rings. The second kappa shape index (κ2) is 5.26. The second-order valence-electron chi connectivity index (χ2n) is 4.01. The number of H-pyrrole nitrogens is 1. The van der Waals surface area contributed by atoms with Crippen molar-refractivity contribution in [3.63, 3.8) is 0 Å². The molecule has 2 rings (SSSR count). The first kappa shape index (κ1) is 12.7. The minimum atomic E-state index is -0.576. The molecule has 0 saturated carbocycles. The van der Waals surface area contributed by atoms with Crippen molar-refractivity contribution < 1.29 is 14.7 Å². The van der Waals surface area contributed by atoms with Gasteiger partial charge < -0.3 is 0 Å². The van der Waals surface area contributed by atoms with E-state index in [0.29, 0.717) is 5.82 Å². The molecule has 1 aromatic carbocycles. The Kier molecular flexibility index (Phi) is 3.51. The molecule has 2 aromatic rings. The first-order chi connectivity index (χ1) is 9.08. The lowest BCUT2D eigenvalue weighted by atomic mass is 10.1. The van der Waals surface area contributed by atoms with Crippen LogP contribution in [0.2, 0.25) is 0 Å².